The van der Waals surface area contributed by atoms with E-state index in [0.717, 1.165) is 24.8 Å². The van der Waals surface area contributed by atoms with E-state index >= 15 is 0 Å². The zero-order chi connectivity index (χ0) is 23.0. The lowest BCUT2D eigenvalue weighted by molar-refractivity contribution is 0.0950. The molecule has 7 nitrogen and oxygen atoms in total. The number of nitrogens with one attached hydrogen (secondary N) is 2. The molecule has 1 aromatic heterocycles. The minimum atomic E-state index is -3.69. The molecule has 2 aromatic carbocycles. The second kappa shape index (κ2) is 10.8. The molecule has 0 aliphatic rings. The van der Waals surface area contributed by atoms with E-state index in [2.05, 4.69) is 21.9 Å². The standard InChI is InChI=1S/C24H27N3O4S/c1-3-4-5-16-25-23(28)22-7-6-17-26-24(22)31-20-12-10-19(11-13-20)27-32(29,30)21-14-8-18(2)9-15-21/h6-15,17,27H,3-5,16H2,1-2H3,(H,25,28). The number of sulfonamides is 1. The van der Waals surface area contributed by atoms with Crippen LogP contribution in [0, 0.1) is 6.92 Å². The Bertz CT molecular complexity index is 1140. The molecule has 2 N–H and O–H groups in total. The predicted molar refractivity (Wildman–Crippen MR) is 125 cm³/mol. The fourth-order valence-corrected chi connectivity index (χ4v) is 4.01. The Morgan fingerprint density at radius 2 is 1.72 bits per heavy atom. The molecule has 3 aromatic rings. The lowest BCUT2D eigenvalue weighted by atomic mass is 10.2. The molecule has 0 radical (unpaired) electrons. The summed E-state index contributed by atoms with van der Waals surface area (Å²) in [6, 6.07) is 16.4. The summed E-state index contributed by atoms with van der Waals surface area (Å²) in [5.41, 5.74) is 1.72. The molecule has 0 aliphatic heterocycles. The number of rotatable bonds is 10. The van der Waals surface area contributed by atoms with Crippen LogP contribution in [0.5, 0.6) is 11.6 Å². The van der Waals surface area contributed by atoms with E-state index in [1.54, 1.807) is 66.9 Å². The second-order valence-corrected chi connectivity index (χ2v) is 9.05. The lowest BCUT2D eigenvalue weighted by Gasteiger charge is -2.12. The van der Waals surface area contributed by atoms with Gasteiger partial charge in [-0.25, -0.2) is 13.4 Å². The van der Waals surface area contributed by atoms with Gasteiger partial charge in [-0.05, 0) is 61.9 Å². The number of benzene rings is 2. The molecule has 0 saturated carbocycles. The van der Waals surface area contributed by atoms with Crippen LogP contribution < -0.4 is 14.8 Å². The molecule has 0 spiro atoms. The summed E-state index contributed by atoms with van der Waals surface area (Å²) < 4.78 is 33.4. The molecule has 3 rings (SSSR count). The predicted octanol–water partition coefficient (Wildman–Crippen LogP) is 4.90. The van der Waals surface area contributed by atoms with E-state index in [0.29, 0.717) is 23.5 Å². The van der Waals surface area contributed by atoms with E-state index < -0.39 is 10.0 Å². The summed E-state index contributed by atoms with van der Waals surface area (Å²) in [5, 5.41) is 2.88. The third-order valence-corrected chi connectivity index (χ3v) is 6.13. The SMILES string of the molecule is CCCCCNC(=O)c1cccnc1Oc1ccc(NS(=O)(=O)c2ccc(C)cc2)cc1. The molecule has 32 heavy (non-hydrogen) atoms. The number of aromatic nitrogens is 1. The van der Waals surface area contributed by atoms with E-state index in [9.17, 15) is 13.2 Å². The van der Waals surface area contributed by atoms with Crippen molar-refractivity contribution >= 4 is 21.6 Å². The Kier molecular flexibility index (Phi) is 7.83. The number of ether oxygens (including phenoxy) is 1. The first-order chi connectivity index (χ1) is 15.4. The number of pyridine rings is 1. The van der Waals surface area contributed by atoms with Crippen molar-refractivity contribution in [1.29, 1.82) is 0 Å². The van der Waals surface area contributed by atoms with Gasteiger partial charge in [0.15, 0.2) is 0 Å². The Labute approximate surface area is 188 Å². The Hall–Kier alpha value is -3.39. The van der Waals surface area contributed by atoms with Crippen molar-refractivity contribution in [3.05, 3.63) is 78.0 Å². The number of hydrogen-bond donors (Lipinski definition) is 2. The van der Waals surface area contributed by atoms with Gasteiger partial charge in [0.2, 0.25) is 5.88 Å². The van der Waals surface area contributed by atoms with Crippen molar-refractivity contribution in [3.8, 4) is 11.6 Å². The van der Waals surface area contributed by atoms with Crippen LogP contribution in [0.25, 0.3) is 0 Å². The van der Waals surface area contributed by atoms with Gasteiger partial charge in [0, 0.05) is 18.4 Å². The molecule has 0 saturated heterocycles. The minimum Gasteiger partial charge on any atom is -0.438 e. The lowest BCUT2D eigenvalue weighted by Crippen LogP contribution is -2.25. The number of carbonyl (C=O) groups excluding carboxylic acids is 1. The van der Waals surface area contributed by atoms with Crippen LogP contribution in [0.2, 0.25) is 0 Å². The number of anilines is 1. The van der Waals surface area contributed by atoms with Gasteiger partial charge in [0.25, 0.3) is 15.9 Å². The topological polar surface area (TPSA) is 97.4 Å². The second-order valence-electron chi connectivity index (χ2n) is 7.36. The monoisotopic (exact) mass is 453 g/mol. The maximum atomic E-state index is 12.5. The van der Waals surface area contributed by atoms with Crippen LogP contribution in [0.4, 0.5) is 5.69 Å². The fraction of sp³-hybridized carbons (Fsp3) is 0.250. The number of carbonyl (C=O) groups is 1. The van der Waals surface area contributed by atoms with E-state index in [4.69, 9.17) is 4.74 Å². The van der Waals surface area contributed by atoms with Crippen LogP contribution in [-0.4, -0.2) is 25.9 Å². The molecule has 168 valence electrons. The van der Waals surface area contributed by atoms with Gasteiger partial charge in [-0.3, -0.25) is 9.52 Å². The number of hydrogen-bond acceptors (Lipinski definition) is 5. The van der Waals surface area contributed by atoms with Crippen LogP contribution in [-0.2, 0) is 10.0 Å². The molecule has 8 heteroatoms. The summed E-state index contributed by atoms with van der Waals surface area (Å²) in [6.07, 6.45) is 4.59. The summed E-state index contributed by atoms with van der Waals surface area (Å²) in [7, 11) is -3.69. The highest BCUT2D eigenvalue weighted by atomic mass is 32.2. The van der Waals surface area contributed by atoms with E-state index in [-0.39, 0.29) is 16.7 Å². The van der Waals surface area contributed by atoms with Crippen molar-refractivity contribution in [1.82, 2.24) is 10.3 Å². The molecular weight excluding hydrogens is 426 g/mol. The summed E-state index contributed by atoms with van der Waals surface area (Å²) in [5.74, 6) is 0.377. The van der Waals surface area contributed by atoms with Gasteiger partial charge in [-0.15, -0.1) is 0 Å². The minimum absolute atomic E-state index is 0.187. The summed E-state index contributed by atoms with van der Waals surface area (Å²) in [4.78, 5) is 16.8. The third-order valence-electron chi connectivity index (χ3n) is 4.73. The molecule has 0 unspecified atom stereocenters. The molecule has 0 bridgehead atoms. The Morgan fingerprint density at radius 3 is 2.41 bits per heavy atom. The van der Waals surface area contributed by atoms with E-state index in [1.165, 1.54) is 0 Å². The number of aryl methyl sites for hydroxylation is 1. The maximum Gasteiger partial charge on any atom is 0.261 e. The smallest absolute Gasteiger partial charge is 0.261 e. The normalized spacial score (nSPS) is 11.1. The van der Waals surface area contributed by atoms with Crippen molar-refractivity contribution in [2.75, 3.05) is 11.3 Å². The van der Waals surface area contributed by atoms with Crippen molar-refractivity contribution in [2.45, 2.75) is 38.0 Å². The van der Waals surface area contributed by atoms with Crippen molar-refractivity contribution < 1.29 is 17.9 Å². The first-order valence-corrected chi connectivity index (χ1v) is 12.0. The average molecular weight is 454 g/mol. The summed E-state index contributed by atoms with van der Waals surface area (Å²) in [6.45, 7) is 4.59. The highest BCUT2D eigenvalue weighted by molar-refractivity contribution is 7.92. The zero-order valence-electron chi connectivity index (χ0n) is 18.2. The highest BCUT2D eigenvalue weighted by Gasteiger charge is 2.16. The molecule has 0 atom stereocenters. The molecule has 0 fully saturated rings. The largest absolute Gasteiger partial charge is 0.438 e. The summed E-state index contributed by atoms with van der Waals surface area (Å²) >= 11 is 0. The molecule has 0 aliphatic carbocycles. The highest BCUT2D eigenvalue weighted by Crippen LogP contribution is 2.25. The van der Waals surface area contributed by atoms with E-state index in [1.807, 2.05) is 6.92 Å². The molecule has 1 amide bonds. The molecular formula is C24H27N3O4S. The van der Waals surface area contributed by atoms with Gasteiger partial charge in [0.05, 0.1) is 4.90 Å². The van der Waals surface area contributed by atoms with Crippen molar-refractivity contribution in [3.63, 3.8) is 0 Å². The third kappa shape index (κ3) is 6.31. The van der Waals surface area contributed by atoms with Crippen LogP contribution in [0.3, 0.4) is 0 Å². The van der Waals surface area contributed by atoms with Gasteiger partial charge in [-0.1, -0.05) is 37.5 Å². The first kappa shape index (κ1) is 23.3. The van der Waals surface area contributed by atoms with Crippen LogP contribution >= 0.6 is 0 Å². The number of unbranched alkanes of at least 4 members (excludes halogenated alkanes) is 2. The van der Waals surface area contributed by atoms with Gasteiger partial charge in [-0.2, -0.15) is 0 Å². The average Bonchev–Trinajstić information content (AvgIpc) is 2.78. The van der Waals surface area contributed by atoms with Crippen LogP contribution in [0.1, 0.15) is 42.1 Å². The van der Waals surface area contributed by atoms with Crippen LogP contribution in [0.15, 0.2) is 71.8 Å². The first-order valence-electron chi connectivity index (χ1n) is 10.5. The Balaban J connectivity index is 1.67. The quantitative estimate of drug-likeness (QED) is 0.426. The number of nitrogens with zero attached hydrogens (tertiary/aromatic N) is 1. The maximum absolute atomic E-state index is 12.5. The zero-order valence-corrected chi connectivity index (χ0v) is 19.0. The molecule has 1 heterocycles. The van der Waals surface area contributed by atoms with Gasteiger partial charge < -0.3 is 10.1 Å². The Morgan fingerprint density at radius 1 is 1.00 bits per heavy atom. The van der Waals surface area contributed by atoms with Gasteiger partial charge in [0.1, 0.15) is 11.3 Å². The van der Waals surface area contributed by atoms with Crippen molar-refractivity contribution in [2.24, 2.45) is 0 Å². The fourth-order valence-electron chi connectivity index (χ4n) is 2.95. The van der Waals surface area contributed by atoms with Gasteiger partial charge >= 0.3 is 0 Å². The number of amides is 1.